The highest BCUT2D eigenvalue weighted by Crippen LogP contribution is 2.11. The second kappa shape index (κ2) is 9.03. The fourth-order valence-corrected chi connectivity index (χ4v) is 3.24. The fraction of sp³-hybridized carbons (Fsp3) is 0.562. The Hall–Kier alpha value is -1.00. The van der Waals surface area contributed by atoms with Gasteiger partial charge in [0.05, 0.1) is 5.75 Å². The number of amides is 1. The van der Waals surface area contributed by atoms with E-state index in [4.69, 9.17) is 0 Å². The minimum atomic E-state index is 0.160. The first-order valence-electron chi connectivity index (χ1n) is 7.45. The van der Waals surface area contributed by atoms with E-state index in [1.807, 2.05) is 18.2 Å². The summed E-state index contributed by atoms with van der Waals surface area (Å²) < 4.78 is 0. The van der Waals surface area contributed by atoms with Gasteiger partial charge in [-0.15, -0.1) is 11.8 Å². The molecule has 2 rings (SSSR count). The molecule has 20 heavy (non-hydrogen) atoms. The van der Waals surface area contributed by atoms with Crippen LogP contribution in [0.4, 0.5) is 0 Å². The first-order valence-corrected chi connectivity index (χ1v) is 8.61. The van der Waals surface area contributed by atoms with Gasteiger partial charge < -0.3 is 10.2 Å². The number of carbonyl (C=O) groups excluding carboxylic acids is 1. The van der Waals surface area contributed by atoms with Gasteiger partial charge in [-0.05, 0) is 44.5 Å². The van der Waals surface area contributed by atoms with Gasteiger partial charge >= 0.3 is 0 Å². The zero-order valence-electron chi connectivity index (χ0n) is 12.0. The molecule has 0 atom stereocenters. The van der Waals surface area contributed by atoms with Crippen molar-refractivity contribution in [1.82, 2.24) is 10.2 Å². The first-order chi connectivity index (χ1) is 9.84. The van der Waals surface area contributed by atoms with Crippen LogP contribution in [0, 0.1) is 0 Å². The number of hydrogen-bond acceptors (Lipinski definition) is 3. The van der Waals surface area contributed by atoms with Gasteiger partial charge in [0.15, 0.2) is 0 Å². The van der Waals surface area contributed by atoms with Crippen LogP contribution in [-0.2, 0) is 10.5 Å². The number of thioether (sulfide) groups is 1. The molecule has 0 bridgehead atoms. The van der Waals surface area contributed by atoms with E-state index in [1.54, 1.807) is 11.8 Å². The third kappa shape index (κ3) is 5.97. The lowest BCUT2D eigenvalue weighted by molar-refractivity contribution is -0.118. The van der Waals surface area contributed by atoms with Gasteiger partial charge in [0.25, 0.3) is 0 Å². The molecule has 0 unspecified atom stereocenters. The summed E-state index contributed by atoms with van der Waals surface area (Å²) in [5.74, 6) is 1.62. The van der Waals surface area contributed by atoms with Gasteiger partial charge in [0.1, 0.15) is 0 Å². The normalized spacial score (nSPS) is 15.4. The van der Waals surface area contributed by atoms with Crippen molar-refractivity contribution in [3.8, 4) is 0 Å². The van der Waals surface area contributed by atoms with E-state index in [2.05, 4.69) is 22.3 Å². The van der Waals surface area contributed by atoms with Crippen molar-refractivity contribution in [3.63, 3.8) is 0 Å². The Kier molecular flexibility index (Phi) is 6.95. The number of hydrogen-bond donors (Lipinski definition) is 1. The maximum absolute atomic E-state index is 11.7. The Labute approximate surface area is 126 Å². The Morgan fingerprint density at radius 1 is 1.20 bits per heavy atom. The van der Waals surface area contributed by atoms with E-state index in [-0.39, 0.29) is 5.91 Å². The Morgan fingerprint density at radius 3 is 2.70 bits per heavy atom. The third-order valence-corrected chi connectivity index (χ3v) is 4.52. The smallest absolute Gasteiger partial charge is 0.230 e. The van der Waals surface area contributed by atoms with Gasteiger partial charge in [0, 0.05) is 12.3 Å². The van der Waals surface area contributed by atoms with Crippen LogP contribution in [0.15, 0.2) is 30.3 Å². The topological polar surface area (TPSA) is 32.3 Å². The van der Waals surface area contributed by atoms with E-state index >= 15 is 0 Å². The van der Waals surface area contributed by atoms with Gasteiger partial charge in [-0.3, -0.25) is 4.79 Å². The van der Waals surface area contributed by atoms with Crippen molar-refractivity contribution in [2.24, 2.45) is 0 Å². The maximum Gasteiger partial charge on any atom is 0.230 e. The zero-order chi connectivity index (χ0) is 14.0. The van der Waals surface area contributed by atoms with Crippen molar-refractivity contribution >= 4 is 17.7 Å². The molecule has 1 fully saturated rings. The van der Waals surface area contributed by atoms with Crippen LogP contribution in [0.5, 0.6) is 0 Å². The van der Waals surface area contributed by atoms with Gasteiger partial charge in [-0.1, -0.05) is 30.3 Å². The lowest BCUT2D eigenvalue weighted by atomic mass is 10.2. The molecule has 110 valence electrons. The minimum Gasteiger partial charge on any atom is -0.355 e. The number of nitrogens with zero attached hydrogens (tertiary/aromatic N) is 1. The predicted molar refractivity (Wildman–Crippen MR) is 85.9 cm³/mol. The summed E-state index contributed by atoms with van der Waals surface area (Å²) in [6.07, 6.45) is 3.74. The number of likely N-dealkylation sites (tertiary alicyclic amines) is 1. The molecule has 1 heterocycles. The van der Waals surface area contributed by atoms with Crippen molar-refractivity contribution in [2.75, 3.05) is 31.9 Å². The molecule has 0 spiro atoms. The SMILES string of the molecule is O=C(CSCc1ccccc1)NCCCN1CCCC1. The molecule has 1 aliphatic heterocycles. The molecule has 0 saturated carbocycles. The van der Waals surface area contributed by atoms with E-state index in [1.165, 1.54) is 31.5 Å². The van der Waals surface area contributed by atoms with E-state index in [9.17, 15) is 4.79 Å². The Bertz CT molecular complexity index is 391. The average Bonchev–Trinajstić information content (AvgIpc) is 2.98. The summed E-state index contributed by atoms with van der Waals surface area (Å²) in [5, 5.41) is 3.01. The predicted octanol–water partition coefficient (Wildman–Crippen LogP) is 2.52. The molecular formula is C16H24N2OS. The molecule has 1 aromatic rings. The average molecular weight is 292 g/mol. The highest BCUT2D eigenvalue weighted by atomic mass is 32.2. The number of benzene rings is 1. The van der Waals surface area contributed by atoms with Crippen LogP contribution < -0.4 is 5.32 Å². The van der Waals surface area contributed by atoms with Crippen molar-refractivity contribution < 1.29 is 4.79 Å². The maximum atomic E-state index is 11.7. The van der Waals surface area contributed by atoms with Gasteiger partial charge in [-0.25, -0.2) is 0 Å². The second-order valence-corrected chi connectivity index (χ2v) is 6.22. The van der Waals surface area contributed by atoms with Gasteiger partial charge in [0.2, 0.25) is 5.91 Å². The fourth-order valence-electron chi connectivity index (χ4n) is 2.42. The highest BCUT2D eigenvalue weighted by molar-refractivity contribution is 7.99. The van der Waals surface area contributed by atoms with Crippen molar-refractivity contribution in [3.05, 3.63) is 35.9 Å². The molecule has 1 N–H and O–H groups in total. The van der Waals surface area contributed by atoms with Crippen molar-refractivity contribution in [1.29, 1.82) is 0 Å². The molecule has 1 aliphatic rings. The quantitative estimate of drug-likeness (QED) is 0.747. The summed E-state index contributed by atoms with van der Waals surface area (Å²) in [6, 6.07) is 10.3. The number of nitrogens with one attached hydrogen (secondary N) is 1. The first kappa shape index (κ1) is 15.4. The second-order valence-electron chi connectivity index (χ2n) is 5.23. The van der Waals surface area contributed by atoms with Crippen LogP contribution in [0.1, 0.15) is 24.8 Å². The number of carbonyl (C=O) groups is 1. The standard InChI is InChI=1S/C16H24N2OS/c19-16(14-20-13-15-7-2-1-3-8-15)17-9-6-12-18-10-4-5-11-18/h1-3,7-8H,4-6,9-14H2,(H,17,19). The molecular weight excluding hydrogens is 268 g/mol. The summed E-state index contributed by atoms with van der Waals surface area (Å²) in [7, 11) is 0. The molecule has 3 nitrogen and oxygen atoms in total. The molecule has 0 aliphatic carbocycles. The van der Waals surface area contributed by atoms with Gasteiger partial charge in [-0.2, -0.15) is 0 Å². The molecule has 0 radical (unpaired) electrons. The molecule has 1 aromatic carbocycles. The summed E-state index contributed by atoms with van der Waals surface area (Å²) in [5.41, 5.74) is 1.28. The van der Waals surface area contributed by atoms with Crippen LogP contribution in [0.3, 0.4) is 0 Å². The third-order valence-electron chi connectivity index (χ3n) is 3.52. The summed E-state index contributed by atoms with van der Waals surface area (Å²) in [4.78, 5) is 14.2. The zero-order valence-corrected chi connectivity index (χ0v) is 12.8. The molecule has 4 heteroatoms. The van der Waals surface area contributed by atoms with E-state index in [0.717, 1.165) is 25.3 Å². The monoisotopic (exact) mass is 292 g/mol. The lowest BCUT2D eigenvalue weighted by Crippen LogP contribution is -2.29. The molecule has 1 saturated heterocycles. The minimum absolute atomic E-state index is 0.160. The van der Waals surface area contributed by atoms with Crippen LogP contribution in [0.2, 0.25) is 0 Å². The Balaban J connectivity index is 1.48. The van der Waals surface area contributed by atoms with Crippen LogP contribution in [-0.4, -0.2) is 42.7 Å². The number of rotatable bonds is 8. The van der Waals surface area contributed by atoms with E-state index < -0.39 is 0 Å². The highest BCUT2D eigenvalue weighted by Gasteiger charge is 2.10. The van der Waals surface area contributed by atoms with Crippen molar-refractivity contribution in [2.45, 2.75) is 25.0 Å². The van der Waals surface area contributed by atoms with E-state index in [0.29, 0.717) is 5.75 Å². The molecule has 0 aromatic heterocycles. The van der Waals surface area contributed by atoms with Crippen LogP contribution in [0.25, 0.3) is 0 Å². The summed E-state index contributed by atoms with van der Waals surface area (Å²) >= 11 is 1.68. The van der Waals surface area contributed by atoms with Crippen LogP contribution >= 0.6 is 11.8 Å². The Morgan fingerprint density at radius 2 is 1.95 bits per heavy atom. The molecule has 1 amide bonds. The summed E-state index contributed by atoms with van der Waals surface area (Å²) in [6.45, 7) is 4.40. The lowest BCUT2D eigenvalue weighted by Gasteiger charge is -2.14. The largest absolute Gasteiger partial charge is 0.355 e.